The highest BCUT2D eigenvalue weighted by Crippen LogP contribution is 2.22. The highest BCUT2D eigenvalue weighted by atomic mass is 16.5. The Labute approximate surface area is 180 Å². The Morgan fingerprint density at radius 2 is 1.74 bits per heavy atom. The fourth-order valence-corrected chi connectivity index (χ4v) is 3.15. The molecule has 0 saturated heterocycles. The van der Waals surface area contributed by atoms with Crippen molar-refractivity contribution >= 4 is 29.2 Å². The molecular weight excluding hydrogens is 396 g/mol. The van der Waals surface area contributed by atoms with Gasteiger partial charge in [-0.2, -0.15) is 5.10 Å². The van der Waals surface area contributed by atoms with Crippen molar-refractivity contribution in [2.75, 3.05) is 17.2 Å². The van der Waals surface area contributed by atoms with Crippen molar-refractivity contribution in [2.24, 2.45) is 0 Å². The van der Waals surface area contributed by atoms with Crippen molar-refractivity contribution in [3.8, 4) is 5.69 Å². The van der Waals surface area contributed by atoms with Gasteiger partial charge in [-0.25, -0.2) is 4.68 Å². The summed E-state index contributed by atoms with van der Waals surface area (Å²) in [6, 6.07) is 16.5. The molecule has 2 aromatic carbocycles. The van der Waals surface area contributed by atoms with E-state index in [0.29, 0.717) is 22.6 Å². The van der Waals surface area contributed by atoms with E-state index in [2.05, 4.69) is 15.7 Å². The molecule has 31 heavy (non-hydrogen) atoms. The van der Waals surface area contributed by atoms with Crippen molar-refractivity contribution in [1.29, 1.82) is 0 Å². The van der Waals surface area contributed by atoms with Gasteiger partial charge in [0.05, 0.1) is 29.2 Å². The molecule has 160 valence electrons. The van der Waals surface area contributed by atoms with E-state index < -0.39 is 18.5 Å². The van der Waals surface area contributed by atoms with Crippen LogP contribution in [0.3, 0.4) is 0 Å². The number of amides is 2. The van der Waals surface area contributed by atoms with Gasteiger partial charge in [-0.3, -0.25) is 14.4 Å². The minimum atomic E-state index is -0.538. The van der Waals surface area contributed by atoms with Crippen LogP contribution in [0.5, 0.6) is 0 Å². The molecule has 0 fully saturated rings. The SMILES string of the molecule is CC(=O)Nc1cccc(CC(=O)OCC(=O)Nc2c(C)nn(-c3ccccc3)c2C)c1. The summed E-state index contributed by atoms with van der Waals surface area (Å²) >= 11 is 0. The van der Waals surface area contributed by atoms with Crippen LogP contribution in [0.4, 0.5) is 11.4 Å². The van der Waals surface area contributed by atoms with E-state index in [-0.39, 0.29) is 12.3 Å². The van der Waals surface area contributed by atoms with E-state index in [9.17, 15) is 14.4 Å². The molecule has 0 radical (unpaired) electrons. The molecule has 1 aromatic heterocycles. The third-order valence-corrected chi connectivity index (χ3v) is 4.52. The molecular formula is C23H24N4O4. The molecule has 1 heterocycles. The van der Waals surface area contributed by atoms with Gasteiger partial charge in [-0.15, -0.1) is 0 Å². The molecule has 0 unspecified atom stereocenters. The number of para-hydroxylation sites is 1. The van der Waals surface area contributed by atoms with Crippen molar-refractivity contribution in [3.05, 3.63) is 71.5 Å². The van der Waals surface area contributed by atoms with Crippen LogP contribution >= 0.6 is 0 Å². The molecule has 0 spiro atoms. The molecule has 0 atom stereocenters. The summed E-state index contributed by atoms with van der Waals surface area (Å²) < 4.78 is 6.86. The largest absolute Gasteiger partial charge is 0.455 e. The number of aromatic nitrogens is 2. The number of aryl methyl sites for hydroxylation is 1. The fourth-order valence-electron chi connectivity index (χ4n) is 3.15. The van der Waals surface area contributed by atoms with Crippen LogP contribution in [0.2, 0.25) is 0 Å². The Kier molecular flexibility index (Phi) is 6.81. The van der Waals surface area contributed by atoms with Gasteiger partial charge in [0.2, 0.25) is 5.91 Å². The van der Waals surface area contributed by atoms with Gasteiger partial charge in [0.15, 0.2) is 6.61 Å². The number of carbonyl (C=O) groups excluding carboxylic acids is 3. The van der Waals surface area contributed by atoms with Crippen LogP contribution in [0.1, 0.15) is 23.9 Å². The Morgan fingerprint density at radius 1 is 1.00 bits per heavy atom. The first-order valence-electron chi connectivity index (χ1n) is 9.77. The zero-order chi connectivity index (χ0) is 22.4. The van der Waals surface area contributed by atoms with Crippen LogP contribution in [0.25, 0.3) is 5.69 Å². The van der Waals surface area contributed by atoms with E-state index in [0.717, 1.165) is 11.4 Å². The lowest BCUT2D eigenvalue weighted by Crippen LogP contribution is -2.22. The van der Waals surface area contributed by atoms with Crippen molar-refractivity contribution < 1.29 is 19.1 Å². The average Bonchev–Trinajstić information content (AvgIpc) is 3.01. The van der Waals surface area contributed by atoms with E-state index in [1.807, 2.05) is 37.3 Å². The highest BCUT2D eigenvalue weighted by molar-refractivity contribution is 5.94. The van der Waals surface area contributed by atoms with Gasteiger partial charge in [0.1, 0.15) is 0 Å². The number of benzene rings is 2. The van der Waals surface area contributed by atoms with Crippen LogP contribution < -0.4 is 10.6 Å². The summed E-state index contributed by atoms with van der Waals surface area (Å²) in [5.41, 5.74) is 4.18. The lowest BCUT2D eigenvalue weighted by atomic mass is 10.1. The van der Waals surface area contributed by atoms with Crippen LogP contribution in [0, 0.1) is 13.8 Å². The Balaban J connectivity index is 1.57. The van der Waals surface area contributed by atoms with Gasteiger partial charge in [0, 0.05) is 12.6 Å². The first kappa shape index (κ1) is 21.8. The quantitative estimate of drug-likeness (QED) is 0.572. The van der Waals surface area contributed by atoms with E-state index in [4.69, 9.17) is 4.74 Å². The first-order valence-corrected chi connectivity index (χ1v) is 9.77. The van der Waals surface area contributed by atoms with E-state index >= 15 is 0 Å². The minimum Gasteiger partial charge on any atom is -0.455 e. The maximum Gasteiger partial charge on any atom is 0.310 e. The summed E-state index contributed by atoms with van der Waals surface area (Å²) in [6.45, 7) is 4.67. The number of hydrogen-bond acceptors (Lipinski definition) is 5. The molecule has 0 bridgehead atoms. The second-order valence-corrected chi connectivity index (χ2v) is 7.06. The molecule has 2 N–H and O–H groups in total. The summed E-state index contributed by atoms with van der Waals surface area (Å²) in [5.74, 6) is -1.18. The molecule has 3 rings (SSSR count). The third kappa shape index (κ3) is 5.79. The topological polar surface area (TPSA) is 102 Å². The molecule has 8 nitrogen and oxygen atoms in total. The molecule has 0 aliphatic rings. The Morgan fingerprint density at radius 3 is 2.45 bits per heavy atom. The van der Waals surface area contributed by atoms with Crippen molar-refractivity contribution in [3.63, 3.8) is 0 Å². The fraction of sp³-hybridized carbons (Fsp3) is 0.217. The van der Waals surface area contributed by atoms with Gasteiger partial charge >= 0.3 is 5.97 Å². The Hall–Kier alpha value is -3.94. The number of carbonyl (C=O) groups is 3. The number of nitrogens with zero attached hydrogens (tertiary/aromatic N) is 2. The highest BCUT2D eigenvalue weighted by Gasteiger charge is 2.16. The van der Waals surface area contributed by atoms with Gasteiger partial charge in [0.25, 0.3) is 5.91 Å². The third-order valence-electron chi connectivity index (χ3n) is 4.52. The van der Waals surface area contributed by atoms with Gasteiger partial charge in [-0.05, 0) is 43.7 Å². The number of hydrogen-bond donors (Lipinski definition) is 2. The first-order chi connectivity index (χ1) is 14.8. The maximum absolute atomic E-state index is 12.3. The number of ether oxygens (including phenoxy) is 1. The molecule has 0 aliphatic heterocycles. The number of esters is 1. The summed E-state index contributed by atoms with van der Waals surface area (Å²) in [4.78, 5) is 35.6. The number of nitrogens with one attached hydrogen (secondary N) is 2. The lowest BCUT2D eigenvalue weighted by Gasteiger charge is -2.09. The Bertz CT molecular complexity index is 1110. The predicted molar refractivity (Wildman–Crippen MR) is 117 cm³/mol. The zero-order valence-electron chi connectivity index (χ0n) is 17.6. The molecule has 2 amide bonds. The number of anilines is 2. The molecule has 0 aliphatic carbocycles. The van der Waals surface area contributed by atoms with Gasteiger partial charge < -0.3 is 15.4 Å². The summed E-state index contributed by atoms with van der Waals surface area (Å²) in [6.07, 6.45) is -0.00923. The van der Waals surface area contributed by atoms with E-state index in [1.165, 1.54) is 6.92 Å². The average molecular weight is 420 g/mol. The van der Waals surface area contributed by atoms with Crippen molar-refractivity contribution in [2.45, 2.75) is 27.2 Å². The smallest absolute Gasteiger partial charge is 0.310 e. The van der Waals surface area contributed by atoms with Crippen molar-refractivity contribution in [1.82, 2.24) is 9.78 Å². The standard InChI is InChI=1S/C23H24N4O4/c1-15-23(16(2)27(26-15)20-10-5-4-6-11-20)25-21(29)14-31-22(30)13-18-8-7-9-19(12-18)24-17(3)28/h4-12H,13-14H2,1-3H3,(H,24,28)(H,25,29). The molecule has 3 aromatic rings. The summed E-state index contributed by atoms with van der Waals surface area (Å²) in [5, 5.41) is 9.91. The normalized spacial score (nSPS) is 10.4. The van der Waals surface area contributed by atoms with Crippen LogP contribution in [-0.4, -0.2) is 34.2 Å². The van der Waals surface area contributed by atoms with E-state index in [1.54, 1.807) is 35.9 Å². The molecule has 8 heteroatoms. The lowest BCUT2D eigenvalue weighted by molar-refractivity contribution is -0.146. The van der Waals surface area contributed by atoms with Crippen LogP contribution in [-0.2, 0) is 25.5 Å². The molecule has 0 saturated carbocycles. The monoisotopic (exact) mass is 420 g/mol. The minimum absolute atomic E-state index is 0.00923. The van der Waals surface area contributed by atoms with Gasteiger partial charge in [-0.1, -0.05) is 30.3 Å². The number of rotatable bonds is 7. The van der Waals surface area contributed by atoms with Crippen LogP contribution in [0.15, 0.2) is 54.6 Å². The predicted octanol–water partition coefficient (Wildman–Crippen LogP) is 3.17. The second kappa shape index (κ2) is 9.71. The summed E-state index contributed by atoms with van der Waals surface area (Å²) in [7, 11) is 0. The second-order valence-electron chi connectivity index (χ2n) is 7.06. The zero-order valence-corrected chi connectivity index (χ0v) is 17.6. The maximum atomic E-state index is 12.3.